The Hall–Kier alpha value is -2.11. The molecule has 0 bridgehead atoms. The molecule has 2 heterocycles. The molecule has 1 atom stereocenters. The Morgan fingerprint density at radius 2 is 2.09 bits per heavy atom. The molecule has 1 N–H and O–H groups in total. The van der Waals surface area contributed by atoms with E-state index < -0.39 is 0 Å². The Labute approximate surface area is 130 Å². The van der Waals surface area contributed by atoms with Crippen LogP contribution in [-0.2, 0) is 17.8 Å². The van der Waals surface area contributed by atoms with Gasteiger partial charge >= 0.3 is 0 Å². The maximum absolute atomic E-state index is 12.0. The lowest BCUT2D eigenvalue weighted by Crippen LogP contribution is -2.31. The molecule has 6 nitrogen and oxygen atoms in total. The summed E-state index contributed by atoms with van der Waals surface area (Å²) in [5, 5.41) is 11.3. The van der Waals surface area contributed by atoms with Gasteiger partial charge in [0.25, 0.3) is 0 Å². The number of hydrogen-bond donors (Lipinski definition) is 1. The molecule has 1 amide bonds. The van der Waals surface area contributed by atoms with Crippen LogP contribution in [0.4, 0.5) is 0 Å². The van der Waals surface area contributed by atoms with Gasteiger partial charge in [-0.25, -0.2) is 0 Å². The summed E-state index contributed by atoms with van der Waals surface area (Å²) in [5.74, 6) is 1.02. The maximum atomic E-state index is 12.0. The van der Waals surface area contributed by atoms with Gasteiger partial charge in [0.05, 0.1) is 17.8 Å². The SMILES string of the molecule is Cc1cc(C)n(C[C@H](C)CNC(=O)Cc2c(C)noc2C)n1. The van der Waals surface area contributed by atoms with Crippen molar-refractivity contribution >= 4 is 5.91 Å². The van der Waals surface area contributed by atoms with E-state index in [1.54, 1.807) is 0 Å². The van der Waals surface area contributed by atoms with E-state index in [1.165, 1.54) is 0 Å². The highest BCUT2D eigenvalue weighted by Gasteiger charge is 2.14. The van der Waals surface area contributed by atoms with E-state index in [0.717, 1.165) is 29.2 Å². The van der Waals surface area contributed by atoms with Crippen molar-refractivity contribution in [3.05, 3.63) is 34.5 Å². The van der Waals surface area contributed by atoms with Crippen molar-refractivity contribution in [2.45, 2.75) is 47.6 Å². The first kappa shape index (κ1) is 16.3. The Balaban J connectivity index is 1.82. The number of aromatic nitrogens is 3. The van der Waals surface area contributed by atoms with E-state index in [1.807, 2.05) is 32.4 Å². The van der Waals surface area contributed by atoms with Crippen LogP contribution in [-0.4, -0.2) is 27.4 Å². The standard InChI is InChI=1S/C16H24N4O2/c1-10(9-20-12(3)6-11(2)18-20)8-17-16(21)7-15-13(4)19-22-14(15)5/h6,10H,7-9H2,1-5H3,(H,17,21)/t10-/m1/s1. The van der Waals surface area contributed by atoms with Gasteiger partial charge in [0.15, 0.2) is 0 Å². The van der Waals surface area contributed by atoms with Crippen LogP contribution in [0.5, 0.6) is 0 Å². The number of aryl methyl sites for hydroxylation is 4. The number of nitrogens with one attached hydrogen (secondary N) is 1. The summed E-state index contributed by atoms with van der Waals surface area (Å²) in [7, 11) is 0. The summed E-state index contributed by atoms with van der Waals surface area (Å²) in [5.41, 5.74) is 3.82. The van der Waals surface area contributed by atoms with Gasteiger partial charge < -0.3 is 9.84 Å². The molecule has 0 radical (unpaired) electrons. The van der Waals surface area contributed by atoms with Crippen LogP contribution < -0.4 is 5.32 Å². The van der Waals surface area contributed by atoms with Gasteiger partial charge in [0.2, 0.25) is 5.91 Å². The highest BCUT2D eigenvalue weighted by Crippen LogP contribution is 2.12. The fraction of sp³-hybridized carbons (Fsp3) is 0.562. The van der Waals surface area contributed by atoms with Gasteiger partial charge in [-0.05, 0) is 39.7 Å². The summed E-state index contributed by atoms with van der Waals surface area (Å²) >= 11 is 0. The monoisotopic (exact) mass is 304 g/mol. The van der Waals surface area contributed by atoms with E-state index in [2.05, 4.69) is 28.6 Å². The Kier molecular flexibility index (Phi) is 5.00. The van der Waals surface area contributed by atoms with E-state index in [9.17, 15) is 4.79 Å². The first-order valence-electron chi connectivity index (χ1n) is 7.56. The van der Waals surface area contributed by atoms with E-state index in [4.69, 9.17) is 4.52 Å². The lowest BCUT2D eigenvalue weighted by molar-refractivity contribution is -0.120. The fourth-order valence-corrected chi connectivity index (χ4v) is 2.48. The van der Waals surface area contributed by atoms with Crippen molar-refractivity contribution in [1.29, 1.82) is 0 Å². The highest BCUT2D eigenvalue weighted by molar-refractivity contribution is 5.78. The number of amides is 1. The smallest absolute Gasteiger partial charge is 0.224 e. The maximum Gasteiger partial charge on any atom is 0.224 e. The Morgan fingerprint density at radius 3 is 2.64 bits per heavy atom. The molecule has 22 heavy (non-hydrogen) atoms. The van der Waals surface area contributed by atoms with Gasteiger partial charge in [-0.15, -0.1) is 0 Å². The molecule has 0 fully saturated rings. The number of nitrogens with zero attached hydrogens (tertiary/aromatic N) is 3. The molecule has 0 unspecified atom stereocenters. The van der Waals surface area contributed by atoms with Gasteiger partial charge in [-0.1, -0.05) is 12.1 Å². The predicted molar refractivity (Wildman–Crippen MR) is 83.6 cm³/mol. The fourth-order valence-electron chi connectivity index (χ4n) is 2.48. The average Bonchev–Trinajstić information content (AvgIpc) is 2.92. The summed E-state index contributed by atoms with van der Waals surface area (Å²) < 4.78 is 7.06. The van der Waals surface area contributed by atoms with E-state index in [-0.39, 0.29) is 5.91 Å². The minimum Gasteiger partial charge on any atom is -0.361 e. The van der Waals surface area contributed by atoms with Crippen LogP contribution >= 0.6 is 0 Å². The first-order chi connectivity index (χ1) is 10.4. The van der Waals surface area contributed by atoms with Crippen LogP contribution in [0.15, 0.2) is 10.6 Å². The molecule has 0 aliphatic heterocycles. The largest absolute Gasteiger partial charge is 0.361 e. The van der Waals surface area contributed by atoms with Crippen molar-refractivity contribution < 1.29 is 9.32 Å². The topological polar surface area (TPSA) is 73.0 Å². The molecule has 6 heteroatoms. The van der Waals surface area contributed by atoms with Crippen molar-refractivity contribution in [3.63, 3.8) is 0 Å². The number of carbonyl (C=O) groups is 1. The molecule has 0 spiro atoms. The number of hydrogen-bond acceptors (Lipinski definition) is 4. The zero-order valence-corrected chi connectivity index (χ0v) is 13.9. The molecule has 120 valence electrons. The molecular weight excluding hydrogens is 280 g/mol. The third-order valence-electron chi connectivity index (χ3n) is 3.75. The second-order valence-electron chi connectivity index (χ2n) is 6.00. The van der Waals surface area contributed by atoms with Gasteiger partial charge in [0.1, 0.15) is 5.76 Å². The first-order valence-corrected chi connectivity index (χ1v) is 7.56. The Morgan fingerprint density at radius 1 is 1.36 bits per heavy atom. The third-order valence-corrected chi connectivity index (χ3v) is 3.75. The minimum absolute atomic E-state index is 0.00498. The van der Waals surface area contributed by atoms with Crippen LogP contribution in [0.3, 0.4) is 0 Å². The van der Waals surface area contributed by atoms with Gasteiger partial charge in [0, 0.05) is 24.3 Å². The zero-order valence-electron chi connectivity index (χ0n) is 13.9. The molecule has 2 aromatic heterocycles. The predicted octanol–water partition coefficient (Wildman–Crippen LogP) is 2.10. The van der Waals surface area contributed by atoms with Crippen LogP contribution in [0.2, 0.25) is 0 Å². The van der Waals surface area contributed by atoms with Crippen molar-refractivity contribution in [1.82, 2.24) is 20.3 Å². The quantitative estimate of drug-likeness (QED) is 0.887. The van der Waals surface area contributed by atoms with Crippen LogP contribution in [0.25, 0.3) is 0 Å². The molecule has 0 aromatic carbocycles. The van der Waals surface area contributed by atoms with Crippen LogP contribution in [0, 0.1) is 33.6 Å². The number of rotatable bonds is 6. The van der Waals surface area contributed by atoms with Gasteiger partial charge in [-0.3, -0.25) is 9.48 Å². The molecule has 2 aromatic rings. The van der Waals surface area contributed by atoms with Crippen molar-refractivity contribution in [2.24, 2.45) is 5.92 Å². The normalized spacial score (nSPS) is 12.4. The van der Waals surface area contributed by atoms with E-state index in [0.29, 0.717) is 24.6 Å². The molecular formula is C16H24N4O2. The van der Waals surface area contributed by atoms with Crippen molar-refractivity contribution in [3.8, 4) is 0 Å². The molecule has 0 aliphatic rings. The lowest BCUT2D eigenvalue weighted by atomic mass is 10.1. The minimum atomic E-state index is -0.00498. The number of carbonyl (C=O) groups excluding carboxylic acids is 1. The molecule has 0 saturated carbocycles. The molecule has 0 aliphatic carbocycles. The van der Waals surface area contributed by atoms with E-state index >= 15 is 0 Å². The second-order valence-corrected chi connectivity index (χ2v) is 6.00. The molecule has 2 rings (SSSR count). The van der Waals surface area contributed by atoms with Crippen LogP contribution in [0.1, 0.15) is 35.3 Å². The van der Waals surface area contributed by atoms with Crippen molar-refractivity contribution in [2.75, 3.05) is 6.54 Å². The van der Waals surface area contributed by atoms with Gasteiger partial charge in [-0.2, -0.15) is 5.10 Å². The highest BCUT2D eigenvalue weighted by atomic mass is 16.5. The average molecular weight is 304 g/mol. The Bertz CT molecular complexity index is 638. The summed E-state index contributed by atoms with van der Waals surface area (Å²) in [6.45, 7) is 11.2. The summed E-state index contributed by atoms with van der Waals surface area (Å²) in [6.07, 6.45) is 0.313. The zero-order chi connectivity index (χ0) is 16.3. The third kappa shape index (κ3) is 3.96. The summed E-state index contributed by atoms with van der Waals surface area (Å²) in [6, 6.07) is 2.06. The molecule has 0 saturated heterocycles. The summed E-state index contributed by atoms with van der Waals surface area (Å²) in [4.78, 5) is 12.0. The second kappa shape index (κ2) is 6.77. The lowest BCUT2D eigenvalue weighted by Gasteiger charge is -2.14.